The molecule has 0 saturated carbocycles. The van der Waals surface area contributed by atoms with Crippen molar-refractivity contribution in [3.05, 3.63) is 65.0 Å². The van der Waals surface area contributed by atoms with E-state index in [4.69, 9.17) is 4.74 Å². The molecule has 2 aromatic carbocycles. The molecule has 1 heterocycles. The number of aromatic nitrogens is 1. The molecule has 3 aromatic rings. The molecule has 0 aliphatic carbocycles. The Hall–Kier alpha value is -2.55. The number of ether oxygens (including phenoxy) is 1. The predicted molar refractivity (Wildman–Crippen MR) is 80.0 cm³/mol. The molecule has 1 aromatic heterocycles. The lowest BCUT2D eigenvalue weighted by molar-refractivity contribution is 0.340. The van der Waals surface area contributed by atoms with E-state index in [1.165, 1.54) is 0 Å². The molecule has 0 unspecified atom stereocenters. The van der Waals surface area contributed by atoms with Gasteiger partial charge in [0.2, 0.25) is 0 Å². The lowest BCUT2D eigenvalue weighted by atomic mass is 10.1. The molecule has 0 bridgehead atoms. The summed E-state index contributed by atoms with van der Waals surface area (Å²) in [7, 11) is 0. The van der Waals surface area contributed by atoms with Crippen LogP contribution in [0.5, 0.6) is 5.75 Å². The Labute approximate surface area is 116 Å². The Balaban J connectivity index is 2.16. The monoisotopic (exact) mass is 264 g/mol. The molecule has 0 fully saturated rings. The van der Waals surface area contributed by atoms with Crippen molar-refractivity contribution in [3.8, 4) is 16.9 Å². The van der Waals surface area contributed by atoms with Gasteiger partial charge in [0.25, 0.3) is 5.56 Å². The number of hydrogen-bond acceptors (Lipinski definition) is 2. The molecule has 0 saturated heterocycles. The zero-order valence-corrected chi connectivity index (χ0v) is 11.1. The number of benzene rings is 2. The summed E-state index contributed by atoms with van der Waals surface area (Å²) in [4.78, 5) is 15.1. The fourth-order valence-corrected chi connectivity index (χ4v) is 2.22. The van der Waals surface area contributed by atoms with E-state index in [1.807, 2.05) is 43.3 Å². The van der Waals surface area contributed by atoms with E-state index in [9.17, 15) is 4.79 Å². The summed E-state index contributed by atoms with van der Waals surface area (Å²) in [6.07, 6.45) is 0. The van der Waals surface area contributed by atoms with Crippen molar-refractivity contribution in [1.29, 1.82) is 0 Å². The first kappa shape index (κ1) is 12.5. The number of fused-ring (bicyclic) bond motifs is 1. The van der Waals surface area contributed by atoms with Gasteiger partial charge in [-0.1, -0.05) is 24.3 Å². The predicted octanol–water partition coefficient (Wildman–Crippen LogP) is 3.39. The van der Waals surface area contributed by atoms with Crippen LogP contribution in [0, 0.1) is 6.07 Å². The van der Waals surface area contributed by atoms with Gasteiger partial charge in [-0.25, -0.2) is 0 Å². The third-order valence-corrected chi connectivity index (χ3v) is 3.16. The van der Waals surface area contributed by atoms with E-state index in [-0.39, 0.29) is 5.56 Å². The topological polar surface area (TPSA) is 42.1 Å². The number of pyridine rings is 1. The van der Waals surface area contributed by atoms with E-state index in [0.717, 1.165) is 22.2 Å². The molecule has 0 aliphatic rings. The second-order valence-corrected chi connectivity index (χ2v) is 4.48. The molecule has 0 atom stereocenters. The van der Waals surface area contributed by atoms with Crippen LogP contribution in [0.25, 0.3) is 22.0 Å². The van der Waals surface area contributed by atoms with Crippen LogP contribution in [0.3, 0.4) is 0 Å². The molecule has 3 rings (SSSR count). The highest BCUT2D eigenvalue weighted by atomic mass is 16.5. The molecule has 1 radical (unpaired) electrons. The van der Waals surface area contributed by atoms with Crippen LogP contribution in [0.4, 0.5) is 0 Å². The summed E-state index contributed by atoms with van der Waals surface area (Å²) in [5, 5.41) is 0.982. The Morgan fingerprint density at radius 2 is 1.95 bits per heavy atom. The van der Waals surface area contributed by atoms with Crippen molar-refractivity contribution in [2.45, 2.75) is 6.92 Å². The molecule has 0 aliphatic heterocycles. The fraction of sp³-hybridized carbons (Fsp3) is 0.118. The third kappa shape index (κ3) is 2.30. The standard InChI is InChI=1S/C17H14NO2/c1-2-20-14-9-8-13-10-15(12-6-4-3-5-7-12)17(19)18-16(13)11-14/h4-11H,2H2,1H3,(H,18,19). The minimum atomic E-state index is -0.0997. The lowest BCUT2D eigenvalue weighted by Crippen LogP contribution is -2.08. The Morgan fingerprint density at radius 3 is 2.70 bits per heavy atom. The van der Waals surface area contributed by atoms with E-state index in [0.29, 0.717) is 12.2 Å². The Bertz CT molecular complexity index is 791. The van der Waals surface area contributed by atoms with E-state index in [2.05, 4.69) is 11.1 Å². The van der Waals surface area contributed by atoms with Crippen LogP contribution in [0.2, 0.25) is 0 Å². The lowest BCUT2D eigenvalue weighted by Gasteiger charge is -2.06. The van der Waals surface area contributed by atoms with Gasteiger partial charge in [-0.3, -0.25) is 4.79 Å². The van der Waals surface area contributed by atoms with Crippen molar-refractivity contribution in [3.63, 3.8) is 0 Å². The van der Waals surface area contributed by atoms with Gasteiger partial charge in [0.05, 0.1) is 12.1 Å². The number of H-pyrrole nitrogens is 1. The molecule has 20 heavy (non-hydrogen) atoms. The van der Waals surface area contributed by atoms with Crippen molar-refractivity contribution in [2.24, 2.45) is 0 Å². The van der Waals surface area contributed by atoms with Crippen molar-refractivity contribution in [1.82, 2.24) is 4.98 Å². The molecule has 0 amide bonds. The van der Waals surface area contributed by atoms with Gasteiger partial charge in [-0.05, 0) is 42.1 Å². The third-order valence-electron chi connectivity index (χ3n) is 3.16. The number of rotatable bonds is 3. The first-order valence-corrected chi connectivity index (χ1v) is 6.54. The van der Waals surface area contributed by atoms with Crippen LogP contribution in [-0.2, 0) is 0 Å². The second kappa shape index (κ2) is 5.21. The molecule has 1 N–H and O–H groups in total. The van der Waals surface area contributed by atoms with Crippen molar-refractivity contribution < 1.29 is 4.74 Å². The zero-order chi connectivity index (χ0) is 13.9. The van der Waals surface area contributed by atoms with Crippen LogP contribution >= 0.6 is 0 Å². The maximum absolute atomic E-state index is 12.2. The number of nitrogens with one attached hydrogen (secondary N) is 1. The molecule has 0 spiro atoms. The largest absolute Gasteiger partial charge is 0.494 e. The Morgan fingerprint density at radius 1 is 1.15 bits per heavy atom. The van der Waals surface area contributed by atoms with Crippen molar-refractivity contribution >= 4 is 10.9 Å². The van der Waals surface area contributed by atoms with Crippen LogP contribution < -0.4 is 10.3 Å². The molecule has 99 valence electrons. The maximum atomic E-state index is 12.2. The van der Waals surface area contributed by atoms with E-state index in [1.54, 1.807) is 12.1 Å². The average molecular weight is 264 g/mol. The smallest absolute Gasteiger partial charge is 0.256 e. The van der Waals surface area contributed by atoms with Gasteiger partial charge in [-0.15, -0.1) is 0 Å². The van der Waals surface area contributed by atoms with Gasteiger partial charge in [0.15, 0.2) is 0 Å². The first-order chi connectivity index (χ1) is 9.78. The maximum Gasteiger partial charge on any atom is 0.256 e. The summed E-state index contributed by atoms with van der Waals surface area (Å²) in [6, 6.07) is 17.9. The summed E-state index contributed by atoms with van der Waals surface area (Å²) in [5.41, 5.74) is 2.24. The minimum absolute atomic E-state index is 0.0997. The summed E-state index contributed by atoms with van der Waals surface area (Å²) >= 11 is 0. The number of aromatic amines is 1. The molecule has 3 nitrogen and oxygen atoms in total. The molecule has 3 heteroatoms. The first-order valence-electron chi connectivity index (χ1n) is 6.54. The van der Waals surface area contributed by atoms with Crippen LogP contribution in [0.1, 0.15) is 6.92 Å². The normalized spacial score (nSPS) is 10.7. The van der Waals surface area contributed by atoms with Crippen molar-refractivity contribution in [2.75, 3.05) is 6.61 Å². The Kier molecular flexibility index (Phi) is 3.25. The summed E-state index contributed by atoms with van der Waals surface area (Å²) in [5.74, 6) is 0.762. The zero-order valence-electron chi connectivity index (χ0n) is 11.1. The van der Waals surface area contributed by atoms with Gasteiger partial charge in [0.1, 0.15) is 5.75 Å². The quantitative estimate of drug-likeness (QED) is 0.787. The van der Waals surface area contributed by atoms with Gasteiger partial charge in [-0.2, -0.15) is 0 Å². The average Bonchev–Trinajstić information content (AvgIpc) is 2.48. The highest BCUT2D eigenvalue weighted by Crippen LogP contribution is 2.22. The highest BCUT2D eigenvalue weighted by molar-refractivity contribution is 5.84. The SMILES string of the molecule is CCOc1ccc2cc(-c3cc[c]cc3)c(=O)[nH]c2c1. The van der Waals surface area contributed by atoms with Gasteiger partial charge < -0.3 is 9.72 Å². The van der Waals surface area contributed by atoms with E-state index >= 15 is 0 Å². The summed E-state index contributed by atoms with van der Waals surface area (Å²) in [6.45, 7) is 2.54. The molecular formula is C17H14NO2. The fourth-order valence-electron chi connectivity index (χ4n) is 2.22. The van der Waals surface area contributed by atoms with Crippen LogP contribution in [-0.4, -0.2) is 11.6 Å². The second-order valence-electron chi connectivity index (χ2n) is 4.48. The number of hydrogen-bond donors (Lipinski definition) is 1. The highest BCUT2D eigenvalue weighted by Gasteiger charge is 2.06. The van der Waals surface area contributed by atoms with Gasteiger partial charge in [0, 0.05) is 11.6 Å². The van der Waals surface area contributed by atoms with Crippen LogP contribution in [0.15, 0.2) is 53.3 Å². The van der Waals surface area contributed by atoms with Gasteiger partial charge >= 0.3 is 0 Å². The molecular weight excluding hydrogens is 250 g/mol. The van der Waals surface area contributed by atoms with E-state index < -0.39 is 0 Å². The minimum Gasteiger partial charge on any atom is -0.494 e. The summed E-state index contributed by atoms with van der Waals surface area (Å²) < 4.78 is 5.44.